The van der Waals surface area contributed by atoms with E-state index in [0.29, 0.717) is 12.5 Å². The summed E-state index contributed by atoms with van der Waals surface area (Å²) in [5.74, 6) is 0.782. The van der Waals surface area contributed by atoms with Crippen LogP contribution in [0, 0.1) is 11.3 Å². The molecule has 4 rings (SSSR count). The highest BCUT2D eigenvalue weighted by Gasteiger charge is 2.49. The zero-order valence-corrected chi connectivity index (χ0v) is 14.6. The van der Waals surface area contributed by atoms with Crippen LogP contribution < -0.4 is 10.6 Å². The van der Waals surface area contributed by atoms with Gasteiger partial charge in [0.1, 0.15) is 0 Å². The van der Waals surface area contributed by atoms with Crippen molar-refractivity contribution < 1.29 is 4.79 Å². The first-order chi connectivity index (χ1) is 12.3. The maximum absolute atomic E-state index is 12.8. The highest BCUT2D eigenvalue weighted by Crippen LogP contribution is 2.43. The Kier molecular flexibility index (Phi) is 4.57. The van der Waals surface area contributed by atoms with E-state index in [1.807, 2.05) is 16.9 Å². The molecule has 2 atom stereocenters. The first kappa shape index (κ1) is 16.3. The highest BCUT2D eigenvalue weighted by molar-refractivity contribution is 5.83. The lowest BCUT2D eigenvalue weighted by molar-refractivity contribution is -0.133. The van der Waals surface area contributed by atoms with Gasteiger partial charge in [0.2, 0.25) is 5.91 Å². The Morgan fingerprint density at radius 3 is 3.00 bits per heavy atom. The summed E-state index contributed by atoms with van der Waals surface area (Å²) in [6.07, 6.45) is 9.25. The number of nitrogens with zero attached hydrogens (tertiary/aromatic N) is 2. The number of carbonyl (C=O) groups excluding carboxylic acids is 1. The molecule has 2 aromatic rings. The van der Waals surface area contributed by atoms with E-state index in [1.54, 1.807) is 6.20 Å². The molecule has 1 amide bonds. The van der Waals surface area contributed by atoms with E-state index in [2.05, 4.69) is 40.0 Å². The summed E-state index contributed by atoms with van der Waals surface area (Å²) < 4.78 is 1.85. The number of carbonyl (C=O) groups is 1. The number of nitrogens with one attached hydrogen (secondary N) is 2. The van der Waals surface area contributed by atoms with Gasteiger partial charge in [0.25, 0.3) is 0 Å². The molecule has 1 aromatic carbocycles. The number of rotatable bonds is 5. The minimum absolute atomic E-state index is 0.151. The summed E-state index contributed by atoms with van der Waals surface area (Å²) in [6, 6.07) is 10.3. The van der Waals surface area contributed by atoms with Crippen molar-refractivity contribution in [2.24, 2.45) is 11.3 Å². The largest absolute Gasteiger partial charge is 0.355 e. The lowest BCUT2D eigenvalue weighted by atomic mass is 9.67. The fourth-order valence-electron chi connectivity index (χ4n) is 4.42. The van der Waals surface area contributed by atoms with Gasteiger partial charge in [0.05, 0.1) is 11.1 Å². The van der Waals surface area contributed by atoms with E-state index in [4.69, 9.17) is 0 Å². The Hall–Kier alpha value is -2.14. The Morgan fingerprint density at radius 2 is 2.20 bits per heavy atom. The maximum atomic E-state index is 12.8. The van der Waals surface area contributed by atoms with Crippen LogP contribution in [0.25, 0.3) is 5.69 Å². The van der Waals surface area contributed by atoms with Crippen molar-refractivity contribution in [1.82, 2.24) is 20.4 Å². The minimum Gasteiger partial charge on any atom is -0.355 e. The molecule has 0 spiro atoms. The van der Waals surface area contributed by atoms with Gasteiger partial charge in [0.15, 0.2) is 0 Å². The van der Waals surface area contributed by atoms with Gasteiger partial charge in [-0.3, -0.25) is 4.79 Å². The highest BCUT2D eigenvalue weighted by atomic mass is 16.2. The van der Waals surface area contributed by atoms with Crippen LogP contribution in [0.15, 0.2) is 42.7 Å². The predicted octanol–water partition coefficient (Wildman–Crippen LogP) is 2.31. The van der Waals surface area contributed by atoms with Gasteiger partial charge in [0, 0.05) is 25.5 Å². The number of amides is 1. The third kappa shape index (κ3) is 3.21. The molecule has 0 radical (unpaired) electrons. The molecule has 2 N–H and O–H groups in total. The first-order valence-electron chi connectivity index (χ1n) is 9.36. The maximum Gasteiger partial charge on any atom is 0.227 e. The molecule has 1 aliphatic heterocycles. The molecule has 2 aliphatic rings. The molecular formula is C20H26N4O. The van der Waals surface area contributed by atoms with E-state index in [0.717, 1.165) is 31.6 Å². The van der Waals surface area contributed by atoms with Crippen molar-refractivity contribution in [2.75, 3.05) is 19.6 Å². The minimum atomic E-state index is -0.151. The van der Waals surface area contributed by atoms with Gasteiger partial charge in [-0.25, -0.2) is 4.68 Å². The standard InChI is InChI=1S/C20H26N4O/c25-19(20-10-2-1-4-17(20)14-21-15-20)22-12-9-16-5-7-18(8-6-16)24-13-3-11-23-24/h3,5-8,11,13,17,21H,1-2,4,9-10,12,14-15H2,(H,22,25)/t17-,20+/m0/s1. The quantitative estimate of drug-likeness (QED) is 0.879. The third-order valence-electron chi connectivity index (χ3n) is 5.89. The molecule has 1 saturated heterocycles. The number of aromatic nitrogens is 2. The van der Waals surface area contributed by atoms with Crippen LogP contribution in [0.1, 0.15) is 31.2 Å². The normalized spacial score (nSPS) is 25.5. The van der Waals surface area contributed by atoms with Gasteiger partial charge in [-0.05, 0) is 55.5 Å². The van der Waals surface area contributed by atoms with E-state index in [9.17, 15) is 4.79 Å². The molecule has 1 aliphatic carbocycles. The SMILES string of the molecule is O=C(NCCc1ccc(-n2cccn2)cc1)[C@@]12CCCC[C@H]1CNC2. The zero-order valence-electron chi connectivity index (χ0n) is 14.6. The van der Waals surface area contributed by atoms with E-state index in [-0.39, 0.29) is 11.3 Å². The predicted molar refractivity (Wildman–Crippen MR) is 97.5 cm³/mol. The lowest BCUT2D eigenvalue weighted by Gasteiger charge is -2.37. The lowest BCUT2D eigenvalue weighted by Crippen LogP contribution is -2.48. The van der Waals surface area contributed by atoms with Crippen molar-refractivity contribution in [1.29, 1.82) is 0 Å². The Balaban J connectivity index is 1.32. The smallest absolute Gasteiger partial charge is 0.227 e. The summed E-state index contributed by atoms with van der Waals surface area (Å²) in [4.78, 5) is 12.8. The van der Waals surface area contributed by atoms with Crippen LogP contribution in [0.3, 0.4) is 0 Å². The number of fused-ring (bicyclic) bond motifs is 1. The molecule has 0 bridgehead atoms. The molecular weight excluding hydrogens is 312 g/mol. The summed E-state index contributed by atoms with van der Waals surface area (Å²) in [5, 5.41) is 10.9. The molecule has 25 heavy (non-hydrogen) atoms. The summed E-state index contributed by atoms with van der Waals surface area (Å²) in [6.45, 7) is 2.55. The molecule has 1 aromatic heterocycles. The monoisotopic (exact) mass is 338 g/mol. The molecule has 0 unspecified atom stereocenters. The van der Waals surface area contributed by atoms with Crippen molar-refractivity contribution in [3.63, 3.8) is 0 Å². The van der Waals surface area contributed by atoms with Gasteiger partial charge in [-0.2, -0.15) is 5.10 Å². The van der Waals surface area contributed by atoms with E-state index >= 15 is 0 Å². The Labute approximate surface area is 148 Å². The molecule has 1 saturated carbocycles. The summed E-state index contributed by atoms with van der Waals surface area (Å²) >= 11 is 0. The molecule has 5 heteroatoms. The zero-order chi connectivity index (χ0) is 17.1. The number of hydrogen-bond donors (Lipinski definition) is 2. The average molecular weight is 338 g/mol. The van der Waals surface area contributed by atoms with Crippen LogP contribution in [-0.2, 0) is 11.2 Å². The second-order valence-corrected chi connectivity index (χ2v) is 7.35. The molecule has 5 nitrogen and oxygen atoms in total. The van der Waals surface area contributed by atoms with Gasteiger partial charge in [-0.15, -0.1) is 0 Å². The second kappa shape index (κ2) is 7.00. The van der Waals surface area contributed by atoms with Crippen LogP contribution in [-0.4, -0.2) is 35.3 Å². The summed E-state index contributed by atoms with van der Waals surface area (Å²) in [7, 11) is 0. The van der Waals surface area contributed by atoms with Crippen LogP contribution in [0.2, 0.25) is 0 Å². The fourth-order valence-corrected chi connectivity index (χ4v) is 4.42. The Morgan fingerprint density at radius 1 is 1.32 bits per heavy atom. The summed E-state index contributed by atoms with van der Waals surface area (Å²) in [5.41, 5.74) is 2.14. The van der Waals surface area contributed by atoms with Crippen LogP contribution in [0.5, 0.6) is 0 Å². The number of benzene rings is 1. The van der Waals surface area contributed by atoms with Gasteiger partial charge >= 0.3 is 0 Å². The first-order valence-corrected chi connectivity index (χ1v) is 9.36. The van der Waals surface area contributed by atoms with Gasteiger partial charge < -0.3 is 10.6 Å². The van der Waals surface area contributed by atoms with E-state index < -0.39 is 0 Å². The second-order valence-electron chi connectivity index (χ2n) is 7.35. The third-order valence-corrected chi connectivity index (χ3v) is 5.89. The fraction of sp³-hybridized carbons (Fsp3) is 0.500. The average Bonchev–Trinajstić information content (AvgIpc) is 3.32. The van der Waals surface area contributed by atoms with Crippen molar-refractivity contribution in [2.45, 2.75) is 32.1 Å². The molecule has 132 valence electrons. The Bertz CT molecular complexity index is 710. The van der Waals surface area contributed by atoms with Crippen molar-refractivity contribution >= 4 is 5.91 Å². The number of hydrogen-bond acceptors (Lipinski definition) is 3. The van der Waals surface area contributed by atoms with Gasteiger partial charge in [-0.1, -0.05) is 25.0 Å². The van der Waals surface area contributed by atoms with E-state index in [1.165, 1.54) is 24.8 Å². The van der Waals surface area contributed by atoms with Crippen molar-refractivity contribution in [3.8, 4) is 5.69 Å². The van der Waals surface area contributed by atoms with Crippen LogP contribution in [0.4, 0.5) is 0 Å². The van der Waals surface area contributed by atoms with Crippen LogP contribution >= 0.6 is 0 Å². The molecule has 2 heterocycles. The topological polar surface area (TPSA) is 59.0 Å². The molecule has 2 fully saturated rings. The van der Waals surface area contributed by atoms with Crippen molar-refractivity contribution in [3.05, 3.63) is 48.3 Å².